The van der Waals surface area contributed by atoms with E-state index in [2.05, 4.69) is 5.32 Å². The first kappa shape index (κ1) is 19.1. The van der Waals surface area contributed by atoms with E-state index in [-0.39, 0.29) is 18.3 Å². The lowest BCUT2D eigenvalue weighted by atomic mass is 9.97. The molecule has 6 heteroatoms. The van der Waals surface area contributed by atoms with E-state index in [4.69, 9.17) is 16.3 Å². The number of nitrogens with one attached hydrogen (secondary N) is 1. The molecule has 1 amide bonds. The number of hydrogen-bond donors (Lipinski definition) is 1. The predicted molar refractivity (Wildman–Crippen MR) is 92.2 cm³/mol. The maximum atomic E-state index is 12.5. The Labute approximate surface area is 143 Å². The number of methoxy groups -OCH3 is 1. The summed E-state index contributed by atoms with van der Waals surface area (Å²) in [5.74, 6) is 1.42. The van der Waals surface area contributed by atoms with E-state index in [0.29, 0.717) is 17.4 Å². The normalized spacial score (nSPS) is 17.8. The Morgan fingerprint density at radius 3 is 2.95 bits per heavy atom. The van der Waals surface area contributed by atoms with Crippen molar-refractivity contribution in [2.75, 3.05) is 33.8 Å². The van der Waals surface area contributed by atoms with Gasteiger partial charge in [0.15, 0.2) is 0 Å². The maximum absolute atomic E-state index is 12.5. The number of piperidine rings is 1. The molecule has 0 aliphatic carbocycles. The van der Waals surface area contributed by atoms with Gasteiger partial charge in [0.25, 0.3) is 0 Å². The van der Waals surface area contributed by atoms with E-state index in [9.17, 15) is 4.79 Å². The van der Waals surface area contributed by atoms with Crippen LogP contribution in [0.5, 0.6) is 5.75 Å². The molecule has 1 aliphatic rings. The minimum Gasteiger partial charge on any atom is -0.496 e. The van der Waals surface area contributed by atoms with Crippen molar-refractivity contribution in [3.63, 3.8) is 0 Å². The molecule has 1 N–H and O–H groups in total. The predicted octanol–water partition coefficient (Wildman–Crippen LogP) is 2.77. The van der Waals surface area contributed by atoms with Crippen molar-refractivity contribution >= 4 is 29.9 Å². The number of hydrogen-bond acceptors (Lipinski definition) is 3. The molecular weight excluding hydrogens is 323 g/mol. The summed E-state index contributed by atoms with van der Waals surface area (Å²) < 4.78 is 5.31. The van der Waals surface area contributed by atoms with Crippen LogP contribution in [0.4, 0.5) is 0 Å². The number of nitrogens with zero attached hydrogens (tertiary/aromatic N) is 1. The highest BCUT2D eigenvalue weighted by Gasteiger charge is 2.23. The van der Waals surface area contributed by atoms with Gasteiger partial charge in [0.2, 0.25) is 5.91 Å². The number of amides is 1. The van der Waals surface area contributed by atoms with E-state index < -0.39 is 0 Å². The summed E-state index contributed by atoms with van der Waals surface area (Å²) in [4.78, 5) is 14.5. The standard InChI is InChI=1S/C16H23ClN2O2.ClH/c1-18-10-12-4-3-7-19(11-12)16(20)9-13-8-14(17)5-6-15(13)21-2;/h5-6,8,12,18H,3-4,7,9-11H2,1-2H3;1H. The lowest BCUT2D eigenvalue weighted by molar-refractivity contribution is -0.132. The minimum atomic E-state index is 0. The summed E-state index contributed by atoms with van der Waals surface area (Å²) in [5.41, 5.74) is 0.853. The van der Waals surface area contributed by atoms with Crippen molar-refractivity contribution in [2.24, 2.45) is 5.92 Å². The van der Waals surface area contributed by atoms with Crippen LogP contribution in [0.25, 0.3) is 0 Å². The minimum absolute atomic E-state index is 0. The molecule has 0 bridgehead atoms. The zero-order valence-corrected chi connectivity index (χ0v) is 14.7. The molecular formula is C16H24Cl2N2O2. The van der Waals surface area contributed by atoms with E-state index in [1.165, 1.54) is 6.42 Å². The van der Waals surface area contributed by atoms with Gasteiger partial charge in [-0.3, -0.25) is 4.79 Å². The molecule has 0 spiro atoms. The third-order valence-corrected chi connectivity index (χ3v) is 4.18. The van der Waals surface area contributed by atoms with Gasteiger partial charge in [-0.15, -0.1) is 12.4 Å². The SMILES string of the molecule is CNCC1CCCN(C(=O)Cc2cc(Cl)ccc2OC)C1.Cl. The van der Waals surface area contributed by atoms with Crippen LogP contribution >= 0.6 is 24.0 Å². The van der Waals surface area contributed by atoms with E-state index in [1.54, 1.807) is 13.2 Å². The van der Waals surface area contributed by atoms with Gasteiger partial charge in [-0.2, -0.15) is 0 Å². The fourth-order valence-corrected chi connectivity index (χ4v) is 3.10. The maximum Gasteiger partial charge on any atom is 0.227 e. The van der Waals surface area contributed by atoms with E-state index in [1.807, 2.05) is 24.1 Å². The van der Waals surface area contributed by atoms with Crippen LogP contribution in [0.15, 0.2) is 18.2 Å². The summed E-state index contributed by atoms with van der Waals surface area (Å²) in [7, 11) is 3.57. The zero-order valence-electron chi connectivity index (χ0n) is 13.1. The Bertz CT molecular complexity index is 495. The third-order valence-electron chi connectivity index (χ3n) is 3.95. The summed E-state index contributed by atoms with van der Waals surface area (Å²) in [6, 6.07) is 5.40. The second-order valence-corrected chi connectivity index (χ2v) is 5.98. The van der Waals surface area contributed by atoms with Crippen LogP contribution in [-0.2, 0) is 11.2 Å². The van der Waals surface area contributed by atoms with Crippen LogP contribution in [-0.4, -0.2) is 44.6 Å². The Morgan fingerprint density at radius 2 is 2.27 bits per heavy atom. The number of carbonyl (C=O) groups is 1. The number of benzene rings is 1. The Balaban J connectivity index is 0.00000242. The van der Waals surface area contributed by atoms with Gasteiger partial charge in [-0.25, -0.2) is 0 Å². The molecule has 1 aromatic carbocycles. The van der Waals surface area contributed by atoms with Crippen LogP contribution in [0, 0.1) is 5.92 Å². The second kappa shape index (κ2) is 9.23. The monoisotopic (exact) mass is 346 g/mol. The van der Waals surface area contributed by atoms with Crippen LogP contribution in [0.3, 0.4) is 0 Å². The second-order valence-electron chi connectivity index (χ2n) is 5.54. The van der Waals surface area contributed by atoms with Crippen LogP contribution in [0.1, 0.15) is 18.4 Å². The first-order chi connectivity index (χ1) is 10.1. The van der Waals surface area contributed by atoms with Gasteiger partial charge >= 0.3 is 0 Å². The molecule has 1 aliphatic heterocycles. The third kappa shape index (κ3) is 5.04. The molecule has 0 radical (unpaired) electrons. The summed E-state index contributed by atoms with van der Waals surface area (Å²) in [5, 5.41) is 3.83. The highest BCUT2D eigenvalue weighted by Crippen LogP contribution is 2.24. The first-order valence-electron chi connectivity index (χ1n) is 7.38. The highest BCUT2D eigenvalue weighted by molar-refractivity contribution is 6.30. The number of halogens is 2. The average Bonchev–Trinajstić information content (AvgIpc) is 2.48. The average molecular weight is 347 g/mol. The highest BCUT2D eigenvalue weighted by atomic mass is 35.5. The Morgan fingerprint density at radius 1 is 1.50 bits per heavy atom. The summed E-state index contributed by atoms with van der Waals surface area (Å²) >= 11 is 6.02. The van der Waals surface area contributed by atoms with Crippen LogP contribution in [0.2, 0.25) is 5.02 Å². The van der Waals surface area contributed by atoms with Gasteiger partial charge in [0, 0.05) is 23.7 Å². The lowest BCUT2D eigenvalue weighted by Crippen LogP contribution is -2.43. The molecule has 4 nitrogen and oxygen atoms in total. The van der Waals surface area contributed by atoms with Crippen molar-refractivity contribution in [1.29, 1.82) is 0 Å². The zero-order chi connectivity index (χ0) is 15.2. The Kier molecular flexibility index (Phi) is 8.01. The molecule has 2 rings (SSSR count). The summed E-state index contributed by atoms with van der Waals surface area (Å²) in [6.45, 7) is 2.65. The lowest BCUT2D eigenvalue weighted by Gasteiger charge is -2.33. The topological polar surface area (TPSA) is 41.6 Å². The number of ether oxygens (including phenoxy) is 1. The fourth-order valence-electron chi connectivity index (χ4n) is 2.91. The largest absolute Gasteiger partial charge is 0.496 e. The van der Waals surface area contributed by atoms with Gasteiger partial charge in [0.1, 0.15) is 5.75 Å². The molecule has 1 saturated heterocycles. The van der Waals surface area contributed by atoms with Crippen molar-refractivity contribution in [3.8, 4) is 5.75 Å². The molecule has 124 valence electrons. The molecule has 0 saturated carbocycles. The van der Waals surface area contributed by atoms with Gasteiger partial charge in [-0.1, -0.05) is 11.6 Å². The summed E-state index contributed by atoms with van der Waals surface area (Å²) in [6.07, 6.45) is 2.60. The quantitative estimate of drug-likeness (QED) is 0.891. The van der Waals surface area contributed by atoms with Gasteiger partial charge in [-0.05, 0) is 50.6 Å². The van der Waals surface area contributed by atoms with Crippen molar-refractivity contribution < 1.29 is 9.53 Å². The smallest absolute Gasteiger partial charge is 0.227 e. The molecule has 1 atom stereocenters. The Hall–Kier alpha value is -0.970. The molecule has 1 fully saturated rings. The van der Waals surface area contributed by atoms with Crippen molar-refractivity contribution in [1.82, 2.24) is 10.2 Å². The molecule has 0 aromatic heterocycles. The first-order valence-corrected chi connectivity index (χ1v) is 7.76. The van der Waals surface area contributed by atoms with Crippen molar-refractivity contribution in [2.45, 2.75) is 19.3 Å². The fraction of sp³-hybridized carbons (Fsp3) is 0.562. The number of rotatable bonds is 5. The van der Waals surface area contributed by atoms with E-state index >= 15 is 0 Å². The molecule has 1 unspecified atom stereocenters. The van der Waals surface area contributed by atoms with E-state index in [0.717, 1.165) is 37.4 Å². The molecule has 1 heterocycles. The van der Waals surface area contributed by atoms with Crippen LogP contribution < -0.4 is 10.1 Å². The number of carbonyl (C=O) groups excluding carboxylic acids is 1. The van der Waals surface area contributed by atoms with Crippen molar-refractivity contribution in [3.05, 3.63) is 28.8 Å². The van der Waals surface area contributed by atoms with Gasteiger partial charge < -0.3 is 15.0 Å². The molecule has 22 heavy (non-hydrogen) atoms. The van der Waals surface area contributed by atoms with Gasteiger partial charge in [0.05, 0.1) is 13.5 Å². The molecule has 1 aromatic rings. The number of likely N-dealkylation sites (tertiary alicyclic amines) is 1.